The van der Waals surface area contributed by atoms with E-state index in [2.05, 4.69) is 15.7 Å². The van der Waals surface area contributed by atoms with Crippen LogP contribution >= 0.6 is 0 Å². The molecule has 2 bridgehead atoms. The highest BCUT2D eigenvalue weighted by atomic mass is 19.3. The molecule has 200 valence electrons. The zero-order valence-corrected chi connectivity index (χ0v) is 21.0. The van der Waals surface area contributed by atoms with Gasteiger partial charge >= 0.3 is 0 Å². The van der Waals surface area contributed by atoms with E-state index in [0.29, 0.717) is 29.9 Å². The Balaban J connectivity index is 1.28. The van der Waals surface area contributed by atoms with Crippen molar-refractivity contribution in [2.75, 3.05) is 32.6 Å². The maximum absolute atomic E-state index is 15.3. The molecule has 3 aromatic rings. The Morgan fingerprint density at radius 2 is 1.89 bits per heavy atom. The van der Waals surface area contributed by atoms with Gasteiger partial charge in [-0.1, -0.05) is 6.07 Å². The largest absolute Gasteiger partial charge is 0.493 e. The molecule has 3 aliphatic heterocycles. The minimum Gasteiger partial charge on any atom is -0.493 e. The fraction of sp³-hybridized carbons (Fsp3) is 0.407. The normalized spacial score (nSPS) is 23.9. The number of carbonyl (C=O) groups is 1. The van der Waals surface area contributed by atoms with E-state index in [1.54, 1.807) is 35.2 Å². The van der Waals surface area contributed by atoms with Gasteiger partial charge in [0.2, 0.25) is 0 Å². The van der Waals surface area contributed by atoms with Crippen molar-refractivity contribution in [2.45, 2.75) is 43.4 Å². The lowest BCUT2D eigenvalue weighted by Gasteiger charge is -2.32. The summed E-state index contributed by atoms with van der Waals surface area (Å²) in [5.74, 6) is 0.562. The molecule has 2 unspecified atom stereocenters. The molecule has 3 aliphatic rings. The topological polar surface area (TPSA) is 80.7 Å². The number of rotatable bonds is 6. The van der Waals surface area contributed by atoms with E-state index in [0.717, 1.165) is 18.5 Å². The van der Waals surface area contributed by atoms with Gasteiger partial charge in [-0.15, -0.1) is 0 Å². The van der Waals surface area contributed by atoms with Crippen LogP contribution in [0.3, 0.4) is 0 Å². The fourth-order valence-electron chi connectivity index (χ4n) is 5.80. The number of likely N-dealkylation sites (tertiary alicyclic amines) is 1. The molecule has 11 heteroatoms. The van der Waals surface area contributed by atoms with Crippen molar-refractivity contribution in [3.05, 3.63) is 59.4 Å². The van der Waals surface area contributed by atoms with Crippen LogP contribution in [0, 0.1) is 5.82 Å². The molecule has 0 spiro atoms. The molecule has 0 saturated carbocycles. The summed E-state index contributed by atoms with van der Waals surface area (Å²) in [6.45, 7) is 1.36. The number of hydrogen-bond acceptors (Lipinski definition) is 6. The van der Waals surface area contributed by atoms with Crippen LogP contribution in [0.4, 0.5) is 19.0 Å². The SMILES string of the molecule is COc1ccc(C2CC(C(F)F)n3nc(-c4ccc(C(=O)N5C[C@@H]6C[C@H]5CN6)cc4F)cc3N2)cc1OC. The predicted molar refractivity (Wildman–Crippen MR) is 134 cm³/mol. The highest BCUT2D eigenvalue weighted by Gasteiger charge is 2.40. The second-order valence-electron chi connectivity index (χ2n) is 9.96. The molecule has 0 radical (unpaired) electrons. The number of benzene rings is 2. The number of ether oxygens (including phenoxy) is 2. The third-order valence-electron chi connectivity index (χ3n) is 7.76. The summed E-state index contributed by atoms with van der Waals surface area (Å²) in [5.41, 5.74) is 1.37. The zero-order valence-electron chi connectivity index (χ0n) is 21.0. The van der Waals surface area contributed by atoms with E-state index < -0.39 is 24.3 Å². The lowest BCUT2D eigenvalue weighted by atomic mass is 9.97. The molecule has 2 fully saturated rings. The van der Waals surface area contributed by atoms with Gasteiger partial charge in [-0.3, -0.25) is 4.79 Å². The van der Waals surface area contributed by atoms with Crippen LogP contribution in [0.1, 0.15) is 40.8 Å². The highest BCUT2D eigenvalue weighted by Crippen LogP contribution is 2.41. The van der Waals surface area contributed by atoms with Gasteiger partial charge < -0.3 is 25.0 Å². The molecule has 2 aromatic carbocycles. The standard InChI is InChI=1S/C27H28F3N5O3/c1-37-23-6-4-14(8-24(23)38-2)20-10-22(26(29)30)35-25(32-20)11-21(33-35)18-5-3-15(7-19(18)28)27(36)34-13-16-9-17(34)12-31-16/h3-8,11,16-17,20,22,26,31-32H,9-10,12-13H2,1-2H3/t16-,17-,20?,22?/m0/s1. The smallest absolute Gasteiger partial charge is 0.260 e. The second kappa shape index (κ2) is 9.54. The molecular formula is C27H28F3N5O3. The van der Waals surface area contributed by atoms with Crippen LogP contribution in [0.2, 0.25) is 0 Å². The van der Waals surface area contributed by atoms with Crippen LogP contribution < -0.4 is 20.1 Å². The van der Waals surface area contributed by atoms with E-state index >= 15 is 4.39 Å². The maximum atomic E-state index is 15.3. The fourth-order valence-corrected chi connectivity index (χ4v) is 5.80. The van der Waals surface area contributed by atoms with E-state index in [1.807, 2.05) is 0 Å². The minimum atomic E-state index is -2.68. The maximum Gasteiger partial charge on any atom is 0.260 e. The van der Waals surface area contributed by atoms with Crippen LogP contribution in [-0.2, 0) is 0 Å². The van der Waals surface area contributed by atoms with Crippen molar-refractivity contribution in [3.8, 4) is 22.8 Å². The Hall–Kier alpha value is -3.73. The minimum absolute atomic E-state index is 0.0735. The number of aromatic nitrogens is 2. The summed E-state index contributed by atoms with van der Waals surface area (Å²) in [6, 6.07) is 9.89. The number of nitrogens with zero attached hydrogens (tertiary/aromatic N) is 3. The number of nitrogens with one attached hydrogen (secondary N) is 2. The number of methoxy groups -OCH3 is 2. The Kier molecular flexibility index (Phi) is 6.17. The molecular weight excluding hydrogens is 499 g/mol. The number of halogens is 3. The lowest BCUT2D eigenvalue weighted by molar-refractivity contribution is 0.0659. The van der Waals surface area contributed by atoms with Crippen LogP contribution in [-0.4, -0.2) is 66.4 Å². The first-order valence-electron chi connectivity index (χ1n) is 12.6. The van der Waals surface area contributed by atoms with Gasteiger partial charge in [0, 0.05) is 42.4 Å². The van der Waals surface area contributed by atoms with Gasteiger partial charge in [0.15, 0.2) is 11.5 Å². The quantitative estimate of drug-likeness (QED) is 0.499. The Bertz CT molecular complexity index is 1380. The molecule has 2 saturated heterocycles. The average Bonchev–Trinajstić information content (AvgIpc) is 3.67. The number of hydrogen-bond donors (Lipinski definition) is 2. The molecule has 2 N–H and O–H groups in total. The molecule has 1 amide bonds. The van der Waals surface area contributed by atoms with Gasteiger partial charge in [-0.05, 0) is 48.7 Å². The van der Waals surface area contributed by atoms with Gasteiger partial charge in [0.25, 0.3) is 12.3 Å². The van der Waals surface area contributed by atoms with Gasteiger partial charge in [-0.25, -0.2) is 17.9 Å². The summed E-state index contributed by atoms with van der Waals surface area (Å²) in [6.07, 6.45) is -1.69. The summed E-state index contributed by atoms with van der Waals surface area (Å²) < 4.78 is 55.4. The molecule has 8 nitrogen and oxygen atoms in total. The molecule has 4 atom stereocenters. The van der Waals surface area contributed by atoms with Crippen molar-refractivity contribution in [1.82, 2.24) is 20.0 Å². The molecule has 4 heterocycles. The summed E-state index contributed by atoms with van der Waals surface area (Å²) in [4.78, 5) is 14.8. The number of anilines is 1. The van der Waals surface area contributed by atoms with Crippen LogP contribution in [0.25, 0.3) is 11.3 Å². The molecule has 1 aromatic heterocycles. The van der Waals surface area contributed by atoms with Gasteiger partial charge in [0.05, 0.1) is 26.0 Å². The van der Waals surface area contributed by atoms with Gasteiger partial charge in [-0.2, -0.15) is 5.10 Å². The third kappa shape index (κ3) is 4.14. The Morgan fingerprint density at radius 1 is 1.08 bits per heavy atom. The summed E-state index contributed by atoms with van der Waals surface area (Å²) in [7, 11) is 3.04. The average molecular weight is 528 g/mol. The Morgan fingerprint density at radius 3 is 2.55 bits per heavy atom. The summed E-state index contributed by atoms with van der Waals surface area (Å²) in [5, 5.41) is 10.9. The van der Waals surface area contributed by atoms with E-state index in [-0.39, 0.29) is 35.2 Å². The zero-order chi connectivity index (χ0) is 26.6. The third-order valence-corrected chi connectivity index (χ3v) is 7.76. The lowest BCUT2D eigenvalue weighted by Crippen LogP contribution is -2.46. The van der Waals surface area contributed by atoms with Crippen molar-refractivity contribution >= 4 is 11.7 Å². The Labute approximate surface area is 217 Å². The van der Waals surface area contributed by atoms with Crippen molar-refractivity contribution in [2.24, 2.45) is 0 Å². The predicted octanol–water partition coefficient (Wildman–Crippen LogP) is 4.26. The van der Waals surface area contributed by atoms with Crippen molar-refractivity contribution in [1.29, 1.82) is 0 Å². The van der Waals surface area contributed by atoms with Crippen molar-refractivity contribution in [3.63, 3.8) is 0 Å². The van der Waals surface area contributed by atoms with E-state index in [9.17, 15) is 13.6 Å². The first-order chi connectivity index (χ1) is 18.4. The van der Waals surface area contributed by atoms with Crippen LogP contribution in [0.5, 0.6) is 11.5 Å². The number of piperazine rings is 1. The second-order valence-corrected chi connectivity index (χ2v) is 9.96. The monoisotopic (exact) mass is 527 g/mol. The number of fused-ring (bicyclic) bond motifs is 3. The molecule has 6 rings (SSSR count). The number of alkyl halides is 2. The number of amides is 1. The molecule has 0 aliphatic carbocycles. The first kappa shape index (κ1) is 24.6. The highest BCUT2D eigenvalue weighted by molar-refractivity contribution is 5.95. The first-order valence-corrected chi connectivity index (χ1v) is 12.6. The van der Waals surface area contributed by atoms with Crippen LogP contribution in [0.15, 0.2) is 42.5 Å². The van der Waals surface area contributed by atoms with E-state index in [4.69, 9.17) is 9.47 Å². The van der Waals surface area contributed by atoms with E-state index in [1.165, 1.54) is 31.0 Å². The number of carbonyl (C=O) groups excluding carboxylic acids is 1. The summed E-state index contributed by atoms with van der Waals surface area (Å²) >= 11 is 0. The van der Waals surface area contributed by atoms with Crippen molar-refractivity contribution < 1.29 is 27.4 Å². The van der Waals surface area contributed by atoms with Gasteiger partial charge in [0.1, 0.15) is 17.7 Å². The molecule has 38 heavy (non-hydrogen) atoms.